The van der Waals surface area contributed by atoms with E-state index in [0.717, 1.165) is 31.0 Å². The first-order chi connectivity index (χ1) is 16.7. The van der Waals surface area contributed by atoms with Gasteiger partial charge in [0.2, 0.25) is 11.8 Å². The summed E-state index contributed by atoms with van der Waals surface area (Å²) in [7, 11) is 2.44. The van der Waals surface area contributed by atoms with E-state index in [9.17, 15) is 24.4 Å². The maximum absolute atomic E-state index is 13.0. The number of benzene rings is 1. The van der Waals surface area contributed by atoms with E-state index >= 15 is 0 Å². The summed E-state index contributed by atoms with van der Waals surface area (Å²) in [5.74, 6) is -4.18. The zero-order valence-corrected chi connectivity index (χ0v) is 21.0. The van der Waals surface area contributed by atoms with Gasteiger partial charge < -0.3 is 19.7 Å². The van der Waals surface area contributed by atoms with E-state index in [0.29, 0.717) is 11.1 Å². The number of amides is 2. The minimum atomic E-state index is -1.29. The Morgan fingerprint density at radius 2 is 1.74 bits per heavy atom. The molecule has 0 radical (unpaired) electrons. The molecule has 4 atom stereocenters. The van der Waals surface area contributed by atoms with Crippen molar-refractivity contribution in [1.82, 2.24) is 10.2 Å². The Hall–Kier alpha value is -3.32. The monoisotopic (exact) mass is 499 g/mol. The molecular formula is C25H29N3O6S. The van der Waals surface area contributed by atoms with Gasteiger partial charge in [-0.25, -0.2) is 4.79 Å². The molecule has 2 aliphatic heterocycles. The predicted octanol–water partition coefficient (Wildman–Crippen LogP) is 2.73. The van der Waals surface area contributed by atoms with Gasteiger partial charge in [0.15, 0.2) is 0 Å². The Morgan fingerprint density at radius 3 is 2.29 bits per heavy atom. The maximum atomic E-state index is 13.0. The summed E-state index contributed by atoms with van der Waals surface area (Å²) in [5.41, 5.74) is 0.934. The van der Waals surface area contributed by atoms with Crippen LogP contribution >= 0.6 is 11.8 Å². The molecule has 1 fully saturated rings. The van der Waals surface area contributed by atoms with Gasteiger partial charge in [-0.1, -0.05) is 23.9 Å². The smallest absolute Gasteiger partial charge is 0.337 e. The van der Waals surface area contributed by atoms with Crippen LogP contribution in [0.4, 0.5) is 0 Å². The number of rotatable bonds is 6. The minimum Gasteiger partial charge on any atom is -0.468 e. The molecule has 1 saturated heterocycles. The van der Waals surface area contributed by atoms with Gasteiger partial charge in [-0.15, -0.1) is 0 Å². The molecule has 9 nitrogen and oxygen atoms in total. The van der Waals surface area contributed by atoms with Crippen molar-refractivity contribution in [2.45, 2.75) is 51.1 Å². The summed E-state index contributed by atoms with van der Waals surface area (Å²) in [4.78, 5) is 52.2. The fourth-order valence-corrected chi connectivity index (χ4v) is 5.66. The largest absolute Gasteiger partial charge is 0.468 e. The van der Waals surface area contributed by atoms with Gasteiger partial charge in [0.05, 0.1) is 42.2 Å². The van der Waals surface area contributed by atoms with Crippen molar-refractivity contribution in [2.75, 3.05) is 20.0 Å². The number of carbonyl (C=O) groups is 4. The van der Waals surface area contributed by atoms with Crippen molar-refractivity contribution in [1.29, 1.82) is 5.26 Å². The van der Waals surface area contributed by atoms with Gasteiger partial charge in [-0.05, 0) is 50.8 Å². The number of hydrogen-bond acceptors (Lipinski definition) is 8. The lowest BCUT2D eigenvalue weighted by molar-refractivity contribution is -0.150. The highest BCUT2D eigenvalue weighted by molar-refractivity contribution is 8.03. The number of allylic oxidation sites excluding steroid dienone is 1. The molecule has 0 saturated carbocycles. The molecule has 0 bridgehead atoms. The number of esters is 2. The third-order valence-corrected chi connectivity index (χ3v) is 7.50. The van der Waals surface area contributed by atoms with Crippen LogP contribution in [0.15, 0.2) is 34.9 Å². The van der Waals surface area contributed by atoms with Crippen LogP contribution in [-0.2, 0) is 23.9 Å². The molecule has 1 aromatic carbocycles. The van der Waals surface area contributed by atoms with Crippen molar-refractivity contribution in [3.8, 4) is 6.07 Å². The van der Waals surface area contributed by atoms with Gasteiger partial charge in [-0.2, -0.15) is 5.26 Å². The molecular weight excluding hydrogens is 470 g/mol. The van der Waals surface area contributed by atoms with Gasteiger partial charge in [0.25, 0.3) is 0 Å². The summed E-state index contributed by atoms with van der Waals surface area (Å²) in [5, 5.41) is 12.9. The van der Waals surface area contributed by atoms with E-state index < -0.39 is 29.7 Å². The second kappa shape index (κ2) is 11.4. The molecule has 2 amide bonds. The van der Waals surface area contributed by atoms with Crippen molar-refractivity contribution < 1.29 is 28.7 Å². The van der Waals surface area contributed by atoms with E-state index in [1.165, 1.54) is 26.4 Å². The van der Waals surface area contributed by atoms with Crippen LogP contribution in [0, 0.1) is 17.2 Å². The Kier molecular flexibility index (Phi) is 8.57. The third-order valence-electron chi connectivity index (χ3n) is 6.50. The van der Waals surface area contributed by atoms with Crippen LogP contribution in [0.3, 0.4) is 0 Å². The van der Waals surface area contributed by atoms with E-state index in [4.69, 9.17) is 9.47 Å². The fourth-order valence-electron chi connectivity index (χ4n) is 4.75. The van der Waals surface area contributed by atoms with Crippen molar-refractivity contribution in [2.24, 2.45) is 5.92 Å². The molecule has 1 N–H and O–H groups in total. The number of thioether (sulfide) groups is 1. The molecule has 35 heavy (non-hydrogen) atoms. The highest BCUT2D eigenvalue weighted by Gasteiger charge is 2.44. The molecule has 3 rings (SSSR count). The number of carbonyl (C=O) groups excluding carboxylic acids is 4. The number of nitrogens with one attached hydrogen (secondary N) is 1. The molecule has 2 aliphatic rings. The summed E-state index contributed by atoms with van der Waals surface area (Å²) in [6.45, 7) is 4.05. The second-order valence-electron chi connectivity index (χ2n) is 8.65. The molecule has 0 aliphatic carbocycles. The molecule has 2 heterocycles. The quantitative estimate of drug-likeness (QED) is 0.468. The lowest BCUT2D eigenvalue weighted by Gasteiger charge is -2.39. The zero-order valence-electron chi connectivity index (χ0n) is 20.2. The highest BCUT2D eigenvalue weighted by atomic mass is 32.2. The number of ether oxygens (including phenoxy) is 2. The number of nitriles is 1. The average Bonchev–Trinajstić information content (AvgIpc) is 2.86. The first-order valence-electron chi connectivity index (χ1n) is 11.4. The average molecular weight is 500 g/mol. The van der Waals surface area contributed by atoms with Gasteiger partial charge in [0.1, 0.15) is 5.92 Å². The van der Waals surface area contributed by atoms with Gasteiger partial charge in [-0.3, -0.25) is 14.4 Å². The van der Waals surface area contributed by atoms with Crippen LogP contribution in [0.25, 0.3) is 0 Å². The normalized spacial score (nSPS) is 24.3. The molecule has 1 aromatic rings. The molecule has 0 unspecified atom stereocenters. The highest BCUT2D eigenvalue weighted by Crippen LogP contribution is 2.40. The lowest BCUT2D eigenvalue weighted by Crippen LogP contribution is -2.48. The van der Waals surface area contributed by atoms with Gasteiger partial charge >= 0.3 is 11.9 Å². The first-order valence-corrected chi connectivity index (χ1v) is 12.4. The summed E-state index contributed by atoms with van der Waals surface area (Å²) in [6.07, 6.45) is 2.95. The van der Waals surface area contributed by atoms with Crippen molar-refractivity contribution in [3.63, 3.8) is 0 Å². The second-order valence-corrected chi connectivity index (χ2v) is 9.64. The van der Waals surface area contributed by atoms with Crippen LogP contribution < -0.4 is 5.32 Å². The van der Waals surface area contributed by atoms with E-state index in [-0.39, 0.29) is 34.3 Å². The molecule has 0 aromatic heterocycles. The zero-order chi connectivity index (χ0) is 25.7. The summed E-state index contributed by atoms with van der Waals surface area (Å²) >= 11 is 1.08. The SMILES string of the molecule is COC(=O)c1ccc([C@@H]2C(C#N)=C(SCC(=O)N3[C@H](C)CCC[C@H]3C)NC(=O)[C@@H]2C(=O)OC)cc1. The van der Waals surface area contributed by atoms with Gasteiger partial charge in [0, 0.05) is 18.0 Å². The van der Waals surface area contributed by atoms with E-state index in [2.05, 4.69) is 11.4 Å². The Bertz CT molecular complexity index is 1070. The summed E-state index contributed by atoms with van der Waals surface area (Å²) in [6, 6.07) is 8.54. The van der Waals surface area contributed by atoms with Crippen LogP contribution in [0.5, 0.6) is 0 Å². The Balaban J connectivity index is 1.94. The fraction of sp³-hybridized carbons (Fsp3) is 0.480. The Labute approximate surface area is 208 Å². The number of piperidine rings is 1. The number of methoxy groups -OCH3 is 2. The topological polar surface area (TPSA) is 126 Å². The molecule has 10 heteroatoms. The van der Waals surface area contributed by atoms with E-state index in [1.807, 2.05) is 18.7 Å². The third kappa shape index (κ3) is 5.51. The van der Waals surface area contributed by atoms with Crippen molar-refractivity contribution in [3.05, 3.63) is 46.0 Å². The number of likely N-dealkylation sites (tertiary alicyclic amines) is 1. The van der Waals surface area contributed by atoms with E-state index in [1.54, 1.807) is 12.1 Å². The van der Waals surface area contributed by atoms with Crippen LogP contribution in [-0.4, -0.2) is 60.7 Å². The number of nitrogens with zero attached hydrogens (tertiary/aromatic N) is 2. The molecule has 186 valence electrons. The lowest BCUT2D eigenvalue weighted by atomic mass is 9.78. The number of hydrogen-bond donors (Lipinski definition) is 1. The summed E-state index contributed by atoms with van der Waals surface area (Å²) < 4.78 is 9.56. The Morgan fingerprint density at radius 1 is 1.11 bits per heavy atom. The van der Waals surface area contributed by atoms with Crippen LogP contribution in [0.2, 0.25) is 0 Å². The first kappa shape index (κ1) is 26.3. The molecule has 0 spiro atoms. The van der Waals surface area contributed by atoms with Crippen LogP contribution in [0.1, 0.15) is 54.9 Å². The van der Waals surface area contributed by atoms with Crippen molar-refractivity contribution >= 4 is 35.5 Å². The minimum absolute atomic E-state index is 0.0480. The predicted molar refractivity (Wildman–Crippen MR) is 129 cm³/mol. The maximum Gasteiger partial charge on any atom is 0.337 e. The standard InChI is InChI=1S/C25H29N3O6S/c1-14-6-5-7-15(2)28(14)19(29)13-35-23-18(12-26)20(21(22(30)27-23)25(32)34-4)16-8-10-17(11-9-16)24(31)33-3/h8-11,14-15,20-21H,5-7,13H2,1-4H3,(H,27,30)/t14-,15-,20-,21-/m1/s1.